The highest BCUT2D eigenvalue weighted by Crippen LogP contribution is 2.25. The largest absolute Gasteiger partial charge is 0.506 e. The van der Waals surface area contributed by atoms with Gasteiger partial charge in [0.15, 0.2) is 0 Å². The number of aryl methyl sites for hydroxylation is 1. The molecule has 18 heavy (non-hydrogen) atoms. The summed E-state index contributed by atoms with van der Waals surface area (Å²) in [6, 6.07) is 9.83. The normalized spacial score (nSPS) is 11.0. The van der Waals surface area contributed by atoms with Crippen molar-refractivity contribution in [2.24, 2.45) is 0 Å². The molecule has 0 aliphatic carbocycles. The molecule has 92 valence electrons. The van der Waals surface area contributed by atoms with Crippen molar-refractivity contribution in [1.29, 1.82) is 0 Å². The molecular weight excluding hydrogens is 226 g/mol. The van der Waals surface area contributed by atoms with E-state index in [4.69, 9.17) is 0 Å². The summed E-state index contributed by atoms with van der Waals surface area (Å²) >= 11 is 0. The van der Waals surface area contributed by atoms with E-state index in [-0.39, 0.29) is 12.4 Å². The third kappa shape index (κ3) is 2.57. The minimum absolute atomic E-state index is 0.0627. The van der Waals surface area contributed by atoms with Crippen LogP contribution in [0.4, 0.5) is 0 Å². The second-order valence-corrected chi connectivity index (χ2v) is 4.03. The number of aliphatic hydroxyl groups excluding tert-OH is 1. The predicted octanol–water partition coefficient (Wildman–Crippen LogP) is 2.76. The number of hydrogen-bond acceptors (Lipinski definition) is 3. The predicted molar refractivity (Wildman–Crippen MR) is 71.9 cm³/mol. The standard InChI is InChI=1S/C15H15NO2/c1-11-15(18)14(10-17)13(9-16-11)8-7-12-5-3-2-4-6-12/h2-9,17-18H,10H2,1H3. The Hall–Kier alpha value is -2.13. The quantitative estimate of drug-likeness (QED) is 0.868. The number of rotatable bonds is 3. The number of aromatic nitrogens is 1. The van der Waals surface area contributed by atoms with Gasteiger partial charge in [0.25, 0.3) is 0 Å². The minimum Gasteiger partial charge on any atom is -0.506 e. The minimum atomic E-state index is -0.205. The molecule has 0 aliphatic heterocycles. The second-order valence-electron chi connectivity index (χ2n) is 4.03. The molecule has 2 aromatic rings. The summed E-state index contributed by atoms with van der Waals surface area (Å²) in [6.07, 6.45) is 5.41. The van der Waals surface area contributed by atoms with Gasteiger partial charge in [0, 0.05) is 17.3 Å². The van der Waals surface area contributed by atoms with E-state index >= 15 is 0 Å². The van der Waals surface area contributed by atoms with E-state index in [1.165, 1.54) is 0 Å². The maximum Gasteiger partial charge on any atom is 0.142 e. The zero-order valence-electron chi connectivity index (χ0n) is 10.2. The van der Waals surface area contributed by atoms with Crippen molar-refractivity contribution >= 4 is 12.2 Å². The zero-order chi connectivity index (χ0) is 13.0. The van der Waals surface area contributed by atoms with E-state index in [0.717, 1.165) is 11.1 Å². The molecule has 0 radical (unpaired) electrons. The number of nitrogens with zero attached hydrogens (tertiary/aromatic N) is 1. The molecule has 2 rings (SSSR count). The fourth-order valence-corrected chi connectivity index (χ4v) is 1.72. The third-order valence-corrected chi connectivity index (χ3v) is 2.79. The molecule has 0 fully saturated rings. The molecule has 0 saturated heterocycles. The third-order valence-electron chi connectivity index (χ3n) is 2.79. The molecule has 0 spiro atoms. The van der Waals surface area contributed by atoms with Crippen LogP contribution >= 0.6 is 0 Å². The molecule has 0 aliphatic rings. The molecule has 0 amide bonds. The summed E-state index contributed by atoms with van der Waals surface area (Å²) in [5.74, 6) is 0.0627. The van der Waals surface area contributed by atoms with Crippen molar-refractivity contribution in [3.63, 3.8) is 0 Å². The van der Waals surface area contributed by atoms with Crippen LogP contribution in [0.2, 0.25) is 0 Å². The lowest BCUT2D eigenvalue weighted by atomic mass is 10.1. The van der Waals surface area contributed by atoms with E-state index in [9.17, 15) is 10.2 Å². The van der Waals surface area contributed by atoms with Crippen LogP contribution in [0.3, 0.4) is 0 Å². The van der Waals surface area contributed by atoms with E-state index in [1.807, 2.05) is 42.5 Å². The summed E-state index contributed by atoms with van der Waals surface area (Å²) < 4.78 is 0. The van der Waals surface area contributed by atoms with Crippen molar-refractivity contribution in [3.8, 4) is 5.75 Å². The van der Waals surface area contributed by atoms with Crippen molar-refractivity contribution in [1.82, 2.24) is 4.98 Å². The van der Waals surface area contributed by atoms with Crippen molar-refractivity contribution in [3.05, 3.63) is 58.9 Å². The van der Waals surface area contributed by atoms with Crippen molar-refractivity contribution < 1.29 is 10.2 Å². The fourth-order valence-electron chi connectivity index (χ4n) is 1.72. The summed E-state index contributed by atoms with van der Waals surface area (Å²) in [5, 5.41) is 19.1. The SMILES string of the molecule is Cc1ncc(C=Cc2ccccc2)c(CO)c1O. The van der Waals surface area contributed by atoms with Crippen LogP contribution in [-0.2, 0) is 6.61 Å². The van der Waals surface area contributed by atoms with E-state index in [1.54, 1.807) is 13.1 Å². The monoisotopic (exact) mass is 241 g/mol. The molecule has 0 atom stereocenters. The molecule has 1 aromatic heterocycles. The molecule has 0 saturated carbocycles. The smallest absolute Gasteiger partial charge is 0.142 e. The molecule has 3 heteroatoms. The molecule has 0 unspecified atom stereocenters. The Kier molecular flexibility index (Phi) is 3.75. The first kappa shape index (κ1) is 12.3. The van der Waals surface area contributed by atoms with E-state index in [0.29, 0.717) is 11.3 Å². The lowest BCUT2D eigenvalue weighted by Crippen LogP contribution is -1.94. The number of aliphatic hydroxyl groups is 1. The van der Waals surface area contributed by atoms with Gasteiger partial charge in [-0.25, -0.2) is 0 Å². The maximum atomic E-state index is 9.82. The maximum absolute atomic E-state index is 9.82. The van der Waals surface area contributed by atoms with Gasteiger partial charge in [-0.2, -0.15) is 0 Å². The van der Waals surface area contributed by atoms with Gasteiger partial charge in [0.05, 0.1) is 12.3 Å². The van der Waals surface area contributed by atoms with E-state index < -0.39 is 0 Å². The fraction of sp³-hybridized carbons (Fsp3) is 0.133. The Labute approximate surface area is 106 Å². The highest BCUT2D eigenvalue weighted by Gasteiger charge is 2.08. The van der Waals surface area contributed by atoms with Crippen LogP contribution in [-0.4, -0.2) is 15.2 Å². The molecule has 1 aromatic carbocycles. The highest BCUT2D eigenvalue weighted by atomic mass is 16.3. The van der Waals surface area contributed by atoms with Gasteiger partial charge >= 0.3 is 0 Å². The van der Waals surface area contributed by atoms with Crippen molar-refractivity contribution in [2.45, 2.75) is 13.5 Å². The summed E-state index contributed by atoms with van der Waals surface area (Å²) in [7, 11) is 0. The van der Waals surface area contributed by atoms with Crippen molar-refractivity contribution in [2.75, 3.05) is 0 Å². The first-order valence-corrected chi connectivity index (χ1v) is 5.74. The van der Waals surface area contributed by atoms with Gasteiger partial charge in [0.2, 0.25) is 0 Å². The lowest BCUT2D eigenvalue weighted by molar-refractivity contribution is 0.274. The number of pyridine rings is 1. The highest BCUT2D eigenvalue weighted by molar-refractivity contribution is 5.71. The van der Waals surface area contributed by atoms with Gasteiger partial charge < -0.3 is 10.2 Å². The summed E-state index contributed by atoms with van der Waals surface area (Å²) in [6.45, 7) is 1.50. The Morgan fingerprint density at radius 1 is 1.17 bits per heavy atom. The Morgan fingerprint density at radius 2 is 1.89 bits per heavy atom. The van der Waals surface area contributed by atoms with Crippen LogP contribution in [0.5, 0.6) is 5.75 Å². The average Bonchev–Trinajstić information content (AvgIpc) is 2.41. The van der Waals surface area contributed by atoms with Crippen LogP contribution in [0.15, 0.2) is 36.5 Å². The Balaban J connectivity index is 2.35. The summed E-state index contributed by atoms with van der Waals surface area (Å²) in [5.41, 5.74) is 2.82. The molecule has 0 bridgehead atoms. The number of aromatic hydroxyl groups is 1. The van der Waals surface area contributed by atoms with Crippen LogP contribution < -0.4 is 0 Å². The molecule has 2 N–H and O–H groups in total. The Bertz CT molecular complexity index is 562. The van der Waals surface area contributed by atoms with E-state index in [2.05, 4.69) is 4.98 Å². The van der Waals surface area contributed by atoms with Gasteiger partial charge in [-0.1, -0.05) is 42.5 Å². The molecule has 1 heterocycles. The Morgan fingerprint density at radius 3 is 2.56 bits per heavy atom. The first-order chi connectivity index (χ1) is 8.72. The first-order valence-electron chi connectivity index (χ1n) is 5.74. The molecular formula is C15H15NO2. The topological polar surface area (TPSA) is 53.4 Å². The molecule has 3 nitrogen and oxygen atoms in total. The lowest BCUT2D eigenvalue weighted by Gasteiger charge is -2.07. The van der Waals surface area contributed by atoms with Crippen LogP contribution in [0.1, 0.15) is 22.4 Å². The second kappa shape index (κ2) is 5.47. The summed E-state index contributed by atoms with van der Waals surface area (Å²) in [4.78, 5) is 4.09. The number of hydrogen-bond donors (Lipinski definition) is 2. The van der Waals surface area contributed by atoms with Gasteiger partial charge in [-0.15, -0.1) is 0 Å². The van der Waals surface area contributed by atoms with Gasteiger partial charge in [-0.3, -0.25) is 4.98 Å². The van der Waals surface area contributed by atoms with Crippen LogP contribution in [0, 0.1) is 6.92 Å². The van der Waals surface area contributed by atoms with Crippen LogP contribution in [0.25, 0.3) is 12.2 Å². The van der Waals surface area contributed by atoms with Gasteiger partial charge in [-0.05, 0) is 12.5 Å². The van der Waals surface area contributed by atoms with Gasteiger partial charge in [0.1, 0.15) is 5.75 Å². The number of benzene rings is 1. The zero-order valence-corrected chi connectivity index (χ0v) is 10.2. The average molecular weight is 241 g/mol.